The fourth-order valence-corrected chi connectivity index (χ4v) is 3.78. The molecule has 0 spiro atoms. The lowest BCUT2D eigenvalue weighted by Crippen LogP contribution is -2.87. The van der Waals surface area contributed by atoms with Crippen molar-refractivity contribution in [2.75, 3.05) is 20.3 Å². The number of ether oxygens (including phenoxy) is 2. The molecule has 0 radical (unpaired) electrons. The van der Waals surface area contributed by atoms with Gasteiger partial charge >= 0.3 is 0 Å². The Morgan fingerprint density at radius 1 is 1.16 bits per heavy atom. The number of aromatic amines is 1. The molecule has 0 saturated carbocycles. The van der Waals surface area contributed by atoms with E-state index in [1.807, 2.05) is 6.07 Å². The minimum absolute atomic E-state index is 0.269. The summed E-state index contributed by atoms with van der Waals surface area (Å²) < 4.78 is 11.4. The van der Waals surface area contributed by atoms with Gasteiger partial charge in [0.25, 0.3) is 0 Å². The summed E-state index contributed by atoms with van der Waals surface area (Å²) in [5.74, 6) is 1.63. The van der Waals surface area contributed by atoms with Crippen LogP contribution in [0.3, 0.4) is 0 Å². The summed E-state index contributed by atoms with van der Waals surface area (Å²) in [5, 5.41) is 3.75. The van der Waals surface area contributed by atoms with E-state index < -0.39 is 0 Å². The lowest BCUT2D eigenvalue weighted by atomic mass is 9.94. The monoisotopic (exact) mass is 337 g/mol. The number of aromatic nitrogens is 1. The first kappa shape index (κ1) is 16.0. The van der Waals surface area contributed by atoms with E-state index in [2.05, 4.69) is 53.6 Å². The molecule has 4 rings (SSSR count). The maximum absolute atomic E-state index is 5.79. The third kappa shape index (κ3) is 2.87. The SMILES string of the molecule is CCCOc1ccc([C@H]2[NH2+]CCc3c2[nH]c2ccccc32)cc1OC. The van der Waals surface area contributed by atoms with Gasteiger partial charge in [-0.2, -0.15) is 0 Å². The van der Waals surface area contributed by atoms with Crippen LogP contribution in [0.2, 0.25) is 0 Å². The van der Waals surface area contributed by atoms with Gasteiger partial charge in [-0.25, -0.2) is 0 Å². The Balaban J connectivity index is 1.74. The molecule has 0 saturated heterocycles. The average Bonchev–Trinajstić information content (AvgIpc) is 3.05. The summed E-state index contributed by atoms with van der Waals surface area (Å²) in [7, 11) is 1.71. The molecule has 0 fully saturated rings. The number of quaternary nitrogens is 1. The standard InChI is InChI=1S/C21H24N2O2/c1-3-12-25-18-9-8-14(13-19(18)24-2)20-21-16(10-11-22-20)15-6-4-5-7-17(15)23-21/h4-9,13,20,22-23H,3,10-12H2,1-2H3/p+1/t20-/m1/s1. The highest BCUT2D eigenvalue weighted by Crippen LogP contribution is 2.34. The van der Waals surface area contributed by atoms with Crippen molar-refractivity contribution in [3.8, 4) is 11.5 Å². The zero-order valence-corrected chi connectivity index (χ0v) is 14.8. The Labute approximate surface area is 148 Å². The molecule has 3 N–H and O–H groups in total. The van der Waals surface area contributed by atoms with Gasteiger partial charge < -0.3 is 19.8 Å². The van der Waals surface area contributed by atoms with Crippen molar-refractivity contribution in [3.63, 3.8) is 0 Å². The van der Waals surface area contributed by atoms with E-state index >= 15 is 0 Å². The summed E-state index contributed by atoms with van der Waals surface area (Å²) in [6, 6.07) is 15.2. The largest absolute Gasteiger partial charge is 0.493 e. The summed E-state index contributed by atoms with van der Waals surface area (Å²) in [6.45, 7) is 3.91. The molecule has 4 nitrogen and oxygen atoms in total. The third-order valence-corrected chi connectivity index (χ3v) is 4.96. The predicted molar refractivity (Wildman–Crippen MR) is 99.4 cm³/mol. The summed E-state index contributed by atoms with van der Waals surface area (Å²) >= 11 is 0. The van der Waals surface area contributed by atoms with Crippen molar-refractivity contribution >= 4 is 10.9 Å². The summed E-state index contributed by atoms with van der Waals surface area (Å²) in [5.41, 5.74) is 5.24. The van der Waals surface area contributed by atoms with E-state index in [1.165, 1.54) is 27.7 Å². The van der Waals surface area contributed by atoms with Crippen LogP contribution >= 0.6 is 0 Å². The van der Waals surface area contributed by atoms with Crippen LogP contribution in [0, 0.1) is 0 Å². The van der Waals surface area contributed by atoms with Crippen LogP contribution in [0.5, 0.6) is 11.5 Å². The van der Waals surface area contributed by atoms with Crippen LogP contribution in [0.25, 0.3) is 10.9 Å². The van der Waals surface area contributed by atoms with Crippen LogP contribution in [0.1, 0.15) is 36.2 Å². The number of hydrogen-bond acceptors (Lipinski definition) is 2. The van der Waals surface area contributed by atoms with Crippen molar-refractivity contribution < 1.29 is 14.8 Å². The summed E-state index contributed by atoms with van der Waals surface area (Å²) in [4.78, 5) is 3.65. The summed E-state index contributed by atoms with van der Waals surface area (Å²) in [6.07, 6.45) is 2.09. The molecule has 4 heteroatoms. The molecule has 1 atom stereocenters. The molecule has 0 aliphatic carbocycles. The normalized spacial score (nSPS) is 16.6. The quantitative estimate of drug-likeness (QED) is 0.751. The highest BCUT2D eigenvalue weighted by atomic mass is 16.5. The molecule has 1 aromatic heterocycles. The zero-order chi connectivity index (χ0) is 17.2. The molecule has 1 aliphatic rings. The molecular weight excluding hydrogens is 312 g/mol. The van der Waals surface area contributed by atoms with E-state index in [0.717, 1.165) is 30.9 Å². The Bertz CT molecular complexity index is 885. The van der Waals surface area contributed by atoms with Crippen LogP contribution in [0.4, 0.5) is 0 Å². The second kappa shape index (κ2) is 6.81. The molecule has 130 valence electrons. The van der Waals surface area contributed by atoms with E-state index in [-0.39, 0.29) is 6.04 Å². The Morgan fingerprint density at radius 2 is 2.04 bits per heavy atom. The number of nitrogens with one attached hydrogen (secondary N) is 1. The van der Waals surface area contributed by atoms with Gasteiger partial charge in [0, 0.05) is 22.9 Å². The predicted octanol–water partition coefficient (Wildman–Crippen LogP) is 3.17. The number of H-pyrrole nitrogens is 1. The van der Waals surface area contributed by atoms with Crippen LogP contribution in [-0.4, -0.2) is 25.2 Å². The minimum Gasteiger partial charge on any atom is -0.493 e. The first-order valence-corrected chi connectivity index (χ1v) is 9.05. The Hall–Kier alpha value is -2.46. The molecule has 2 heterocycles. The lowest BCUT2D eigenvalue weighted by Gasteiger charge is -2.22. The molecule has 25 heavy (non-hydrogen) atoms. The highest BCUT2D eigenvalue weighted by molar-refractivity contribution is 5.85. The van der Waals surface area contributed by atoms with Gasteiger partial charge in [0.15, 0.2) is 17.5 Å². The van der Waals surface area contributed by atoms with E-state index in [9.17, 15) is 0 Å². The van der Waals surface area contributed by atoms with E-state index in [0.29, 0.717) is 6.61 Å². The fourth-order valence-electron chi connectivity index (χ4n) is 3.78. The van der Waals surface area contributed by atoms with Gasteiger partial charge in [0.2, 0.25) is 0 Å². The highest BCUT2D eigenvalue weighted by Gasteiger charge is 2.29. The van der Waals surface area contributed by atoms with Crippen molar-refractivity contribution in [3.05, 3.63) is 59.3 Å². The van der Waals surface area contributed by atoms with Crippen LogP contribution in [0.15, 0.2) is 42.5 Å². The molecule has 0 bridgehead atoms. The number of rotatable bonds is 5. The number of nitrogens with two attached hydrogens (primary N) is 1. The van der Waals surface area contributed by atoms with Crippen molar-refractivity contribution in [2.45, 2.75) is 25.8 Å². The maximum atomic E-state index is 5.79. The van der Waals surface area contributed by atoms with Crippen LogP contribution < -0.4 is 14.8 Å². The lowest BCUT2D eigenvalue weighted by molar-refractivity contribution is -0.690. The Morgan fingerprint density at radius 3 is 2.88 bits per heavy atom. The fraction of sp³-hybridized carbons (Fsp3) is 0.333. The van der Waals surface area contributed by atoms with Crippen molar-refractivity contribution in [1.29, 1.82) is 0 Å². The molecule has 1 aliphatic heterocycles. The molecule has 0 amide bonds. The van der Waals surface area contributed by atoms with Gasteiger partial charge in [-0.05, 0) is 36.2 Å². The number of para-hydroxylation sites is 1. The van der Waals surface area contributed by atoms with Gasteiger partial charge in [-0.1, -0.05) is 25.1 Å². The maximum Gasteiger partial charge on any atom is 0.161 e. The van der Waals surface area contributed by atoms with Gasteiger partial charge in [0.1, 0.15) is 0 Å². The van der Waals surface area contributed by atoms with Crippen molar-refractivity contribution in [1.82, 2.24) is 4.98 Å². The third-order valence-electron chi connectivity index (χ3n) is 4.96. The first-order chi connectivity index (χ1) is 12.3. The second-order valence-corrected chi connectivity index (χ2v) is 6.57. The van der Waals surface area contributed by atoms with E-state index in [1.54, 1.807) is 7.11 Å². The smallest absolute Gasteiger partial charge is 0.161 e. The first-order valence-electron chi connectivity index (χ1n) is 9.05. The number of methoxy groups -OCH3 is 1. The Kier molecular flexibility index (Phi) is 4.36. The molecule has 0 unspecified atom stereocenters. The zero-order valence-electron chi connectivity index (χ0n) is 14.8. The molecule has 2 aromatic carbocycles. The number of hydrogen-bond donors (Lipinski definition) is 2. The number of fused-ring (bicyclic) bond motifs is 3. The minimum atomic E-state index is 0.269. The second-order valence-electron chi connectivity index (χ2n) is 6.57. The van der Waals surface area contributed by atoms with Gasteiger partial charge in [-0.15, -0.1) is 0 Å². The van der Waals surface area contributed by atoms with Gasteiger partial charge in [0.05, 0.1) is 26.0 Å². The van der Waals surface area contributed by atoms with Crippen molar-refractivity contribution in [2.24, 2.45) is 0 Å². The van der Waals surface area contributed by atoms with Gasteiger partial charge in [-0.3, -0.25) is 0 Å². The topological polar surface area (TPSA) is 50.9 Å². The van der Waals surface area contributed by atoms with E-state index in [4.69, 9.17) is 9.47 Å². The average molecular weight is 337 g/mol. The molecule has 3 aromatic rings. The van der Waals surface area contributed by atoms with Crippen LogP contribution in [-0.2, 0) is 6.42 Å². The number of benzene rings is 2. The molecular formula is C21H25N2O2+.